The van der Waals surface area contributed by atoms with Crippen LogP contribution < -0.4 is 5.32 Å². The molecule has 2 aliphatic carbocycles. The molecule has 2 aliphatic rings. The number of fused-ring (bicyclic) bond motifs is 1. The molecule has 27 heavy (non-hydrogen) atoms. The topological polar surface area (TPSA) is 55.4 Å². The highest BCUT2D eigenvalue weighted by atomic mass is 35.5. The van der Waals surface area contributed by atoms with Gasteiger partial charge in [0.05, 0.1) is 17.6 Å². The zero-order valence-electron chi connectivity index (χ0n) is 16.0. The predicted octanol–water partition coefficient (Wildman–Crippen LogP) is 5.72. The van der Waals surface area contributed by atoms with Crippen LogP contribution in [-0.4, -0.2) is 18.0 Å². The molecule has 3 rings (SSSR count). The molecule has 0 unspecified atom stereocenters. The molecule has 0 spiro atoms. The second-order valence-corrected chi connectivity index (χ2v) is 10.3. The number of thiophene rings is 1. The molecule has 0 radical (unpaired) electrons. The van der Waals surface area contributed by atoms with Gasteiger partial charge in [-0.25, -0.2) is 4.79 Å². The Bertz CT molecular complexity index is 793. The summed E-state index contributed by atoms with van der Waals surface area (Å²) in [4.78, 5) is 26.8. The minimum Gasteiger partial charge on any atom is -0.459 e. The molecule has 0 bridgehead atoms. The third-order valence-corrected chi connectivity index (χ3v) is 6.91. The number of hydrogen-bond acceptors (Lipinski definition) is 4. The lowest BCUT2D eigenvalue weighted by Gasteiger charge is -2.14. The van der Waals surface area contributed by atoms with Gasteiger partial charge in [0.2, 0.25) is 5.91 Å². The number of ether oxygens (including phenoxy) is 1. The highest BCUT2D eigenvalue weighted by molar-refractivity contribution is 7.17. The molecule has 1 N–H and O–H groups in total. The van der Waals surface area contributed by atoms with Crippen molar-refractivity contribution >= 4 is 51.4 Å². The number of hydrogen-bond donors (Lipinski definition) is 1. The van der Waals surface area contributed by atoms with Gasteiger partial charge in [0.1, 0.15) is 9.49 Å². The van der Waals surface area contributed by atoms with E-state index >= 15 is 0 Å². The molecule has 7 heteroatoms. The predicted molar refractivity (Wildman–Crippen MR) is 111 cm³/mol. The van der Waals surface area contributed by atoms with E-state index in [-0.39, 0.29) is 39.7 Å². The Balaban J connectivity index is 1.86. The van der Waals surface area contributed by atoms with Crippen molar-refractivity contribution in [1.29, 1.82) is 0 Å². The van der Waals surface area contributed by atoms with Gasteiger partial charge >= 0.3 is 5.97 Å². The van der Waals surface area contributed by atoms with Crippen LogP contribution in [0.25, 0.3) is 0 Å². The number of halogens is 2. The van der Waals surface area contributed by atoms with E-state index in [2.05, 4.69) is 5.32 Å². The van der Waals surface area contributed by atoms with Crippen LogP contribution in [-0.2, 0) is 22.4 Å². The lowest BCUT2D eigenvalue weighted by Crippen LogP contribution is -2.20. The Morgan fingerprint density at radius 3 is 2.56 bits per heavy atom. The average Bonchev–Trinajstić information content (AvgIpc) is 2.91. The number of carbonyl (C=O) groups is 2. The second kappa shape index (κ2) is 7.76. The van der Waals surface area contributed by atoms with Crippen molar-refractivity contribution in [3.63, 3.8) is 0 Å². The highest BCUT2D eigenvalue weighted by Gasteiger charge is 2.60. The van der Waals surface area contributed by atoms with Crippen LogP contribution in [0.5, 0.6) is 0 Å². The van der Waals surface area contributed by atoms with E-state index in [4.69, 9.17) is 27.9 Å². The van der Waals surface area contributed by atoms with Gasteiger partial charge in [0, 0.05) is 4.88 Å². The number of amides is 1. The fourth-order valence-corrected chi connectivity index (χ4v) is 5.51. The summed E-state index contributed by atoms with van der Waals surface area (Å²) >= 11 is 13.1. The maximum Gasteiger partial charge on any atom is 0.341 e. The molecule has 1 heterocycles. The average molecular weight is 430 g/mol. The van der Waals surface area contributed by atoms with E-state index in [1.807, 2.05) is 27.7 Å². The number of anilines is 1. The van der Waals surface area contributed by atoms with Gasteiger partial charge < -0.3 is 10.1 Å². The molecule has 0 aromatic carbocycles. The van der Waals surface area contributed by atoms with E-state index in [9.17, 15) is 9.59 Å². The first-order valence-corrected chi connectivity index (χ1v) is 10.9. The number of rotatable bonds is 5. The zero-order chi connectivity index (χ0) is 19.9. The van der Waals surface area contributed by atoms with Gasteiger partial charge in [0.25, 0.3) is 0 Å². The van der Waals surface area contributed by atoms with Crippen molar-refractivity contribution in [2.45, 2.75) is 59.5 Å². The third-order valence-electron chi connectivity index (χ3n) is 5.45. The molecule has 2 atom stereocenters. The van der Waals surface area contributed by atoms with Crippen molar-refractivity contribution < 1.29 is 14.3 Å². The molecule has 0 aliphatic heterocycles. The SMILES string of the molecule is CC(C)OC(=O)c1c(NC(=O)[C@@H]2[C@@H](C=C(Cl)Cl)C2(C)C)sc2c1CCCC2. The number of esters is 1. The summed E-state index contributed by atoms with van der Waals surface area (Å²) in [5, 5.41) is 3.62. The van der Waals surface area contributed by atoms with Crippen LogP contribution in [0.2, 0.25) is 0 Å². The van der Waals surface area contributed by atoms with Crippen molar-refractivity contribution in [3.8, 4) is 0 Å². The maximum absolute atomic E-state index is 12.9. The first-order valence-electron chi connectivity index (χ1n) is 9.32. The third kappa shape index (κ3) is 4.20. The number of nitrogens with one attached hydrogen (secondary N) is 1. The fraction of sp³-hybridized carbons (Fsp3) is 0.600. The number of carbonyl (C=O) groups excluding carboxylic acids is 2. The summed E-state index contributed by atoms with van der Waals surface area (Å²) in [5.74, 6) is -0.690. The molecular weight excluding hydrogens is 405 g/mol. The molecule has 1 fully saturated rings. The monoisotopic (exact) mass is 429 g/mol. The van der Waals surface area contributed by atoms with Crippen LogP contribution in [0.3, 0.4) is 0 Å². The Morgan fingerprint density at radius 1 is 1.26 bits per heavy atom. The van der Waals surface area contributed by atoms with Gasteiger partial charge in [-0.2, -0.15) is 0 Å². The minimum absolute atomic E-state index is 0.0110. The van der Waals surface area contributed by atoms with Gasteiger partial charge in [-0.3, -0.25) is 4.79 Å². The number of aryl methyl sites for hydroxylation is 1. The summed E-state index contributed by atoms with van der Waals surface area (Å²) in [6.07, 6.45) is 5.47. The molecule has 1 aromatic heterocycles. The lowest BCUT2D eigenvalue weighted by atomic mass is 9.95. The van der Waals surface area contributed by atoms with Crippen molar-refractivity contribution in [1.82, 2.24) is 0 Å². The molecule has 0 saturated heterocycles. The largest absolute Gasteiger partial charge is 0.459 e. The van der Waals surface area contributed by atoms with Crippen LogP contribution >= 0.6 is 34.5 Å². The summed E-state index contributed by atoms with van der Waals surface area (Å²) in [6, 6.07) is 0. The summed E-state index contributed by atoms with van der Waals surface area (Å²) in [7, 11) is 0. The lowest BCUT2D eigenvalue weighted by molar-refractivity contribution is -0.118. The fourth-order valence-electron chi connectivity index (χ4n) is 3.96. The van der Waals surface area contributed by atoms with E-state index in [0.717, 1.165) is 31.2 Å². The molecule has 1 amide bonds. The summed E-state index contributed by atoms with van der Waals surface area (Å²) in [5.41, 5.74) is 1.37. The minimum atomic E-state index is -0.352. The van der Waals surface area contributed by atoms with Gasteiger partial charge in [-0.1, -0.05) is 37.0 Å². The van der Waals surface area contributed by atoms with E-state index in [0.29, 0.717) is 10.6 Å². The number of allylic oxidation sites excluding steroid dienone is 1. The Hall–Kier alpha value is -1.04. The zero-order valence-corrected chi connectivity index (χ0v) is 18.4. The van der Waals surface area contributed by atoms with Crippen LogP contribution in [0.4, 0.5) is 5.00 Å². The quantitative estimate of drug-likeness (QED) is 0.608. The van der Waals surface area contributed by atoms with Crippen LogP contribution in [0, 0.1) is 17.3 Å². The van der Waals surface area contributed by atoms with E-state index in [1.165, 1.54) is 16.2 Å². The standard InChI is InChI=1S/C20H25Cl2NO3S/c1-10(2)26-19(25)15-11-7-5-6-8-13(11)27-18(15)23-17(24)16-12(9-14(21)22)20(16,3)4/h9-10,12,16H,5-8H2,1-4H3,(H,23,24)/t12-,16+/m1/s1. The van der Waals surface area contributed by atoms with Crippen LogP contribution in [0.15, 0.2) is 10.6 Å². The summed E-state index contributed by atoms with van der Waals surface area (Å²) in [6.45, 7) is 7.69. The highest BCUT2D eigenvalue weighted by Crippen LogP contribution is 2.60. The first-order chi connectivity index (χ1) is 12.6. The van der Waals surface area contributed by atoms with E-state index < -0.39 is 0 Å². The Kier molecular flexibility index (Phi) is 5.95. The molecule has 4 nitrogen and oxygen atoms in total. The second-order valence-electron chi connectivity index (χ2n) is 8.14. The normalized spacial score (nSPS) is 22.8. The molecule has 148 valence electrons. The molecular formula is C20H25Cl2NO3S. The Morgan fingerprint density at radius 2 is 1.93 bits per heavy atom. The molecule has 1 aromatic rings. The van der Waals surface area contributed by atoms with Crippen molar-refractivity contribution in [3.05, 3.63) is 26.6 Å². The maximum atomic E-state index is 12.9. The van der Waals surface area contributed by atoms with E-state index in [1.54, 1.807) is 6.08 Å². The summed E-state index contributed by atoms with van der Waals surface area (Å²) < 4.78 is 5.62. The Labute approximate surface area is 174 Å². The van der Waals surface area contributed by atoms with Gasteiger partial charge in [-0.15, -0.1) is 11.3 Å². The van der Waals surface area contributed by atoms with Gasteiger partial charge in [0.15, 0.2) is 0 Å². The smallest absolute Gasteiger partial charge is 0.341 e. The van der Waals surface area contributed by atoms with Crippen molar-refractivity contribution in [2.75, 3.05) is 5.32 Å². The van der Waals surface area contributed by atoms with Crippen LogP contribution in [0.1, 0.15) is 61.3 Å². The first kappa shape index (κ1) is 20.7. The molecule has 1 saturated carbocycles. The van der Waals surface area contributed by atoms with Gasteiger partial charge in [-0.05, 0) is 62.5 Å². The van der Waals surface area contributed by atoms with Crippen molar-refractivity contribution in [2.24, 2.45) is 17.3 Å².